The Balaban J connectivity index is 3.56. The highest BCUT2D eigenvalue weighted by molar-refractivity contribution is 4.53. The molecule has 146 valence electrons. The summed E-state index contributed by atoms with van der Waals surface area (Å²) < 4.78 is 11.6. The molecule has 0 aromatic heterocycles. The molecule has 0 amide bonds. The number of hydrogen-bond acceptors (Lipinski definition) is 3. The van der Waals surface area contributed by atoms with Gasteiger partial charge < -0.3 is 14.6 Å². The van der Waals surface area contributed by atoms with E-state index in [9.17, 15) is 0 Å². The summed E-state index contributed by atoms with van der Waals surface area (Å²) in [7, 11) is 0. The van der Waals surface area contributed by atoms with E-state index in [1.165, 1.54) is 51.4 Å². The molecule has 0 aliphatic heterocycles. The van der Waals surface area contributed by atoms with Gasteiger partial charge in [0.1, 0.15) is 0 Å². The van der Waals surface area contributed by atoms with Crippen molar-refractivity contribution in [3.05, 3.63) is 0 Å². The Morgan fingerprint density at radius 1 is 0.667 bits per heavy atom. The van der Waals surface area contributed by atoms with Crippen molar-refractivity contribution in [1.29, 1.82) is 0 Å². The summed E-state index contributed by atoms with van der Waals surface area (Å²) in [4.78, 5) is 0. The van der Waals surface area contributed by atoms with Crippen molar-refractivity contribution in [2.24, 2.45) is 11.8 Å². The van der Waals surface area contributed by atoms with Gasteiger partial charge in [0.15, 0.2) is 6.29 Å². The molecule has 0 aromatic carbocycles. The predicted octanol–water partition coefficient (Wildman–Crippen LogP) is 5.94. The topological polar surface area (TPSA) is 38.7 Å². The first-order valence-corrected chi connectivity index (χ1v) is 10.5. The van der Waals surface area contributed by atoms with Crippen LogP contribution in [0.1, 0.15) is 98.3 Å². The van der Waals surface area contributed by atoms with Gasteiger partial charge >= 0.3 is 0 Å². The normalized spacial score (nSPS) is 15.4. The van der Waals surface area contributed by atoms with E-state index < -0.39 is 0 Å². The van der Waals surface area contributed by atoms with Crippen LogP contribution in [0.2, 0.25) is 0 Å². The van der Waals surface area contributed by atoms with Crippen molar-refractivity contribution in [3.8, 4) is 0 Å². The zero-order valence-corrected chi connectivity index (χ0v) is 16.9. The highest BCUT2D eigenvalue weighted by atomic mass is 16.7. The molecule has 0 radical (unpaired) electrons. The van der Waals surface area contributed by atoms with Gasteiger partial charge in [0.2, 0.25) is 0 Å². The second-order valence-corrected chi connectivity index (χ2v) is 7.41. The minimum Gasteiger partial charge on any atom is -0.396 e. The van der Waals surface area contributed by atoms with E-state index in [1.807, 2.05) is 0 Å². The van der Waals surface area contributed by atoms with Gasteiger partial charge in [-0.3, -0.25) is 0 Å². The lowest BCUT2D eigenvalue weighted by Gasteiger charge is -2.18. The summed E-state index contributed by atoms with van der Waals surface area (Å²) in [6.07, 6.45) is 12.8. The Bertz CT molecular complexity index is 223. The van der Waals surface area contributed by atoms with Crippen molar-refractivity contribution in [3.63, 3.8) is 0 Å². The third kappa shape index (κ3) is 15.4. The average Bonchev–Trinajstić information content (AvgIpc) is 2.59. The molecule has 2 atom stereocenters. The van der Waals surface area contributed by atoms with E-state index >= 15 is 0 Å². The van der Waals surface area contributed by atoms with Crippen LogP contribution in [0.25, 0.3) is 0 Å². The van der Waals surface area contributed by atoms with Crippen LogP contribution in [-0.2, 0) is 9.47 Å². The zero-order valence-electron chi connectivity index (χ0n) is 16.9. The lowest BCUT2D eigenvalue weighted by molar-refractivity contribution is -0.151. The summed E-state index contributed by atoms with van der Waals surface area (Å²) in [5.74, 6) is 1.69. The molecular formula is C21H44O3. The maximum atomic E-state index is 9.13. The second-order valence-electron chi connectivity index (χ2n) is 7.41. The molecule has 24 heavy (non-hydrogen) atoms. The number of unbranched alkanes of at least 4 members (excludes halogenated alkanes) is 4. The number of ether oxygens (including phenoxy) is 2. The first-order valence-electron chi connectivity index (χ1n) is 10.5. The highest BCUT2D eigenvalue weighted by Gasteiger charge is 2.08. The fourth-order valence-electron chi connectivity index (χ4n) is 2.70. The Morgan fingerprint density at radius 2 is 1.12 bits per heavy atom. The van der Waals surface area contributed by atoms with Crippen LogP contribution < -0.4 is 0 Å². The summed E-state index contributed by atoms with van der Waals surface area (Å²) in [5, 5.41) is 9.13. The van der Waals surface area contributed by atoms with Crippen molar-refractivity contribution in [1.82, 2.24) is 0 Å². The average molecular weight is 345 g/mol. The smallest absolute Gasteiger partial charge is 0.159 e. The maximum absolute atomic E-state index is 9.13. The maximum Gasteiger partial charge on any atom is 0.159 e. The van der Waals surface area contributed by atoms with Crippen LogP contribution in [0.3, 0.4) is 0 Å². The van der Waals surface area contributed by atoms with Gasteiger partial charge in [-0.05, 0) is 24.7 Å². The minimum absolute atomic E-state index is 0.132. The summed E-state index contributed by atoms with van der Waals surface area (Å²) >= 11 is 0. The van der Waals surface area contributed by atoms with Crippen molar-refractivity contribution in [2.75, 3.05) is 19.8 Å². The van der Waals surface area contributed by atoms with Gasteiger partial charge in [-0.15, -0.1) is 0 Å². The fourth-order valence-corrected chi connectivity index (χ4v) is 2.70. The zero-order chi connectivity index (χ0) is 18.0. The summed E-state index contributed by atoms with van der Waals surface area (Å²) in [6, 6.07) is 0. The van der Waals surface area contributed by atoms with E-state index in [4.69, 9.17) is 14.6 Å². The molecule has 0 aromatic rings. The standard InChI is InChI=1S/C21H44O3/c1-5-19(3)13-9-7-11-17-23-21(15-16-22)24-18-12-8-10-14-20(4)6-2/h19-22H,5-18H2,1-4H3. The molecule has 3 heteroatoms. The minimum atomic E-state index is -0.223. The van der Waals surface area contributed by atoms with Crippen molar-refractivity contribution < 1.29 is 14.6 Å². The molecule has 0 spiro atoms. The first-order chi connectivity index (χ1) is 11.6. The molecule has 0 saturated carbocycles. The highest BCUT2D eigenvalue weighted by Crippen LogP contribution is 2.14. The van der Waals surface area contributed by atoms with Crippen molar-refractivity contribution >= 4 is 0 Å². The van der Waals surface area contributed by atoms with E-state index in [0.717, 1.165) is 37.9 Å². The molecule has 2 unspecified atom stereocenters. The number of aliphatic hydroxyl groups excluding tert-OH is 1. The molecule has 1 N–H and O–H groups in total. The lowest BCUT2D eigenvalue weighted by Crippen LogP contribution is -2.20. The third-order valence-corrected chi connectivity index (χ3v) is 5.05. The van der Waals surface area contributed by atoms with E-state index in [2.05, 4.69) is 27.7 Å². The van der Waals surface area contributed by atoms with Gasteiger partial charge in [-0.2, -0.15) is 0 Å². The first kappa shape index (κ1) is 23.9. The number of rotatable bonds is 18. The van der Waals surface area contributed by atoms with Crippen LogP contribution >= 0.6 is 0 Å². The van der Waals surface area contributed by atoms with Gasteiger partial charge in [0.25, 0.3) is 0 Å². The molecule has 3 nitrogen and oxygen atoms in total. The molecule has 0 saturated heterocycles. The molecule has 0 heterocycles. The van der Waals surface area contributed by atoms with Crippen molar-refractivity contribution in [2.45, 2.75) is 105 Å². The van der Waals surface area contributed by atoms with Crippen LogP contribution in [0.4, 0.5) is 0 Å². The summed E-state index contributed by atoms with van der Waals surface area (Å²) in [5.41, 5.74) is 0. The van der Waals surface area contributed by atoms with Crippen LogP contribution in [0.15, 0.2) is 0 Å². The van der Waals surface area contributed by atoms with E-state index in [1.54, 1.807) is 0 Å². The Kier molecular flexibility index (Phi) is 17.6. The van der Waals surface area contributed by atoms with Gasteiger partial charge in [-0.25, -0.2) is 0 Å². The van der Waals surface area contributed by atoms with Gasteiger partial charge in [0.05, 0.1) is 0 Å². The largest absolute Gasteiger partial charge is 0.396 e. The molecule has 0 fully saturated rings. The van der Waals surface area contributed by atoms with Crippen LogP contribution in [0, 0.1) is 11.8 Å². The van der Waals surface area contributed by atoms with Gasteiger partial charge in [0, 0.05) is 26.2 Å². The molecule has 0 bridgehead atoms. The molecule has 0 aliphatic carbocycles. The SMILES string of the molecule is CCC(C)CCCCCOC(CCO)OCCCCCC(C)CC. The molecule has 0 aliphatic rings. The quantitative estimate of drug-likeness (QED) is 0.247. The fraction of sp³-hybridized carbons (Fsp3) is 1.00. The Hall–Kier alpha value is -0.120. The Labute approximate surface area is 151 Å². The number of hydrogen-bond donors (Lipinski definition) is 1. The lowest BCUT2D eigenvalue weighted by atomic mass is 10.0. The third-order valence-electron chi connectivity index (χ3n) is 5.05. The second kappa shape index (κ2) is 17.7. The van der Waals surface area contributed by atoms with Crippen LogP contribution in [-0.4, -0.2) is 31.2 Å². The predicted molar refractivity (Wildman–Crippen MR) is 103 cm³/mol. The van der Waals surface area contributed by atoms with Gasteiger partial charge in [-0.1, -0.05) is 79.1 Å². The van der Waals surface area contributed by atoms with E-state index in [0.29, 0.717) is 6.42 Å². The summed E-state index contributed by atoms with van der Waals surface area (Å²) in [6.45, 7) is 10.8. The molecule has 0 rings (SSSR count). The Morgan fingerprint density at radius 3 is 1.50 bits per heavy atom. The molecular weight excluding hydrogens is 300 g/mol. The van der Waals surface area contributed by atoms with Crippen LogP contribution in [0.5, 0.6) is 0 Å². The monoisotopic (exact) mass is 344 g/mol. The number of aliphatic hydroxyl groups is 1. The van der Waals surface area contributed by atoms with E-state index in [-0.39, 0.29) is 12.9 Å².